The third-order valence-corrected chi connectivity index (χ3v) is 2.15. The number of hydrogen-bond donors (Lipinski definition) is 2. The van der Waals surface area contributed by atoms with Gasteiger partial charge in [0.2, 0.25) is 5.91 Å². The zero-order valence-electron chi connectivity index (χ0n) is 4.96. The minimum absolute atomic E-state index is 0.319. The molecule has 0 fully saturated rings. The van der Waals surface area contributed by atoms with E-state index in [-0.39, 0.29) is 5.91 Å². The summed E-state index contributed by atoms with van der Waals surface area (Å²) in [7, 11) is 2.55. The van der Waals surface area contributed by atoms with Crippen LogP contribution in [0.2, 0.25) is 0 Å². The van der Waals surface area contributed by atoms with Crippen LogP contribution in [0, 0.1) is 0 Å². The van der Waals surface area contributed by atoms with Gasteiger partial charge in [-0.05, 0) is 0 Å². The first-order chi connectivity index (χ1) is 4.31. The Hall–Kier alpha value is 0.210. The summed E-state index contributed by atoms with van der Waals surface area (Å²) in [6.45, 7) is 0. The first kappa shape index (κ1) is 9.21. The third-order valence-electron chi connectivity index (χ3n) is 0.716. The molecular weight excluding hydrogens is 157 g/mol. The topological polar surface area (TPSA) is 49.3 Å². The van der Waals surface area contributed by atoms with Gasteiger partial charge in [0.1, 0.15) is 0 Å². The third kappa shape index (κ3) is 6.09. The number of nitrogens with one attached hydrogen (secondary N) is 1. The lowest BCUT2D eigenvalue weighted by Gasteiger charge is -1.95. The fourth-order valence-corrected chi connectivity index (χ4v) is 1.30. The van der Waals surface area contributed by atoms with Crippen molar-refractivity contribution >= 4 is 26.9 Å². The van der Waals surface area contributed by atoms with Gasteiger partial charge < -0.3 is 0 Å². The van der Waals surface area contributed by atoms with Gasteiger partial charge in [-0.1, -0.05) is 0 Å². The lowest BCUT2D eigenvalue weighted by atomic mass is 10.5. The maximum Gasteiger partial charge on any atom is 0.244 e. The largest absolute Gasteiger partial charge is 0.289 e. The van der Waals surface area contributed by atoms with E-state index in [4.69, 9.17) is 5.21 Å². The Bertz CT molecular complexity index is 90.6. The molecule has 0 heterocycles. The Morgan fingerprint density at radius 3 is 2.89 bits per heavy atom. The van der Waals surface area contributed by atoms with E-state index in [1.807, 2.05) is 0 Å². The van der Waals surface area contributed by atoms with Crippen LogP contribution in [0.25, 0.3) is 0 Å². The second-order valence-electron chi connectivity index (χ2n) is 1.36. The van der Waals surface area contributed by atoms with Crippen molar-refractivity contribution < 1.29 is 10.0 Å². The van der Waals surface area contributed by atoms with Gasteiger partial charge in [-0.3, -0.25) is 10.0 Å². The first-order valence-electron chi connectivity index (χ1n) is 2.52. The number of rotatable bonds is 4. The lowest BCUT2D eigenvalue weighted by Crippen LogP contribution is -2.18. The molecule has 1 atom stereocenters. The first-order valence-corrected chi connectivity index (χ1v) is 4.49. The molecule has 0 bridgehead atoms. The molecule has 0 aliphatic carbocycles. The Balaban J connectivity index is 2.97. The molecule has 0 radical (unpaired) electrons. The minimum Gasteiger partial charge on any atom is -0.289 e. The van der Waals surface area contributed by atoms with Crippen molar-refractivity contribution in [3.63, 3.8) is 0 Å². The zero-order valence-corrected chi connectivity index (χ0v) is 6.93. The second-order valence-corrected chi connectivity index (χ2v) is 3.51. The summed E-state index contributed by atoms with van der Waals surface area (Å²) in [4.78, 5) is 10.3. The van der Waals surface area contributed by atoms with Crippen LogP contribution in [-0.4, -0.2) is 22.4 Å². The SMILES string of the molecule is O=C(CCSCP)NO. The molecule has 2 N–H and O–H groups in total. The molecular formula is C4H10NO2PS. The van der Waals surface area contributed by atoms with E-state index >= 15 is 0 Å². The smallest absolute Gasteiger partial charge is 0.244 e. The van der Waals surface area contributed by atoms with Gasteiger partial charge in [-0.25, -0.2) is 5.48 Å². The average molecular weight is 167 g/mol. The molecule has 3 nitrogen and oxygen atoms in total. The molecule has 0 aromatic heterocycles. The van der Waals surface area contributed by atoms with Gasteiger partial charge in [0.15, 0.2) is 0 Å². The fourth-order valence-electron chi connectivity index (χ4n) is 0.304. The Labute approximate surface area is 60.7 Å². The number of hydrogen-bond acceptors (Lipinski definition) is 3. The highest BCUT2D eigenvalue weighted by atomic mass is 32.2. The number of hydroxylamine groups is 1. The van der Waals surface area contributed by atoms with Crippen LogP contribution in [0.3, 0.4) is 0 Å². The Morgan fingerprint density at radius 1 is 1.78 bits per heavy atom. The highest BCUT2D eigenvalue weighted by molar-refractivity contribution is 8.02. The van der Waals surface area contributed by atoms with E-state index in [9.17, 15) is 4.79 Å². The quantitative estimate of drug-likeness (QED) is 0.276. The van der Waals surface area contributed by atoms with E-state index in [0.717, 1.165) is 11.2 Å². The Kier molecular flexibility index (Phi) is 6.48. The number of carbonyl (C=O) groups is 1. The predicted octanol–water partition coefficient (Wildman–Crippen LogP) is 0.448. The van der Waals surface area contributed by atoms with Crippen molar-refractivity contribution in [3.05, 3.63) is 0 Å². The van der Waals surface area contributed by atoms with Crippen molar-refractivity contribution in [1.29, 1.82) is 0 Å². The van der Waals surface area contributed by atoms with Gasteiger partial charge in [-0.15, -0.1) is 9.24 Å². The van der Waals surface area contributed by atoms with Crippen molar-refractivity contribution in [2.45, 2.75) is 6.42 Å². The maximum absolute atomic E-state index is 10.3. The molecule has 0 spiro atoms. The molecule has 0 saturated carbocycles. The van der Waals surface area contributed by atoms with E-state index < -0.39 is 0 Å². The van der Waals surface area contributed by atoms with Gasteiger partial charge in [0.25, 0.3) is 0 Å². The predicted molar refractivity (Wildman–Crippen MR) is 41.6 cm³/mol. The lowest BCUT2D eigenvalue weighted by molar-refractivity contribution is -0.128. The van der Waals surface area contributed by atoms with Crippen LogP contribution in [-0.2, 0) is 4.79 Å². The van der Waals surface area contributed by atoms with Crippen molar-refractivity contribution in [2.24, 2.45) is 0 Å². The molecule has 0 aliphatic heterocycles. The van der Waals surface area contributed by atoms with Crippen molar-refractivity contribution in [1.82, 2.24) is 5.48 Å². The molecule has 54 valence electrons. The zero-order chi connectivity index (χ0) is 7.11. The van der Waals surface area contributed by atoms with E-state index in [1.54, 1.807) is 17.2 Å². The van der Waals surface area contributed by atoms with Gasteiger partial charge in [-0.2, -0.15) is 11.8 Å². The van der Waals surface area contributed by atoms with Crippen LogP contribution in [0.5, 0.6) is 0 Å². The van der Waals surface area contributed by atoms with Gasteiger partial charge >= 0.3 is 0 Å². The molecule has 0 saturated heterocycles. The molecule has 0 aliphatic rings. The minimum atomic E-state index is -0.319. The van der Waals surface area contributed by atoms with Gasteiger partial charge in [0.05, 0.1) is 0 Å². The molecule has 1 amide bonds. The van der Waals surface area contributed by atoms with Crippen molar-refractivity contribution in [2.75, 3.05) is 11.2 Å². The molecule has 1 unspecified atom stereocenters. The normalized spacial score (nSPS) is 9.11. The molecule has 0 aromatic carbocycles. The summed E-state index contributed by atoms with van der Waals surface area (Å²) in [6.07, 6.45) is 0.384. The average Bonchev–Trinajstić information content (AvgIpc) is 1.89. The molecule has 0 aromatic rings. The van der Waals surface area contributed by atoms with E-state index in [0.29, 0.717) is 6.42 Å². The van der Waals surface area contributed by atoms with Crippen LogP contribution in [0.15, 0.2) is 0 Å². The summed E-state index contributed by atoms with van der Waals surface area (Å²) in [5.41, 5.74) is 2.49. The molecule has 9 heavy (non-hydrogen) atoms. The summed E-state index contributed by atoms with van der Waals surface area (Å²) >= 11 is 1.64. The second kappa shape index (κ2) is 6.33. The molecule has 5 heteroatoms. The summed E-state index contributed by atoms with van der Waals surface area (Å²) in [5.74, 6) is 0.441. The fraction of sp³-hybridized carbons (Fsp3) is 0.750. The van der Waals surface area contributed by atoms with Crippen LogP contribution in [0.4, 0.5) is 0 Å². The number of carbonyl (C=O) groups excluding carboxylic acids is 1. The van der Waals surface area contributed by atoms with Gasteiger partial charge in [0, 0.05) is 17.7 Å². The Morgan fingerprint density at radius 2 is 2.44 bits per heavy atom. The van der Waals surface area contributed by atoms with E-state index in [1.165, 1.54) is 0 Å². The maximum atomic E-state index is 10.3. The van der Waals surface area contributed by atoms with Crippen molar-refractivity contribution in [3.8, 4) is 0 Å². The van der Waals surface area contributed by atoms with Crippen LogP contribution < -0.4 is 5.48 Å². The summed E-state index contributed by atoms with van der Waals surface area (Å²) in [5, 5.41) is 8.02. The highest BCUT2D eigenvalue weighted by Crippen LogP contribution is 2.05. The van der Waals surface area contributed by atoms with Crippen LogP contribution in [0.1, 0.15) is 6.42 Å². The monoisotopic (exact) mass is 167 g/mol. The highest BCUT2D eigenvalue weighted by Gasteiger charge is 1.95. The number of amides is 1. The summed E-state index contributed by atoms with van der Waals surface area (Å²) < 4.78 is 0. The van der Waals surface area contributed by atoms with E-state index in [2.05, 4.69) is 9.24 Å². The molecule has 0 rings (SSSR count). The summed E-state index contributed by atoms with van der Waals surface area (Å²) in [6, 6.07) is 0. The standard InChI is InChI=1S/C4H10NO2PS/c6-4(5-7)1-2-9-3-8/h7H,1-3,8H2,(H,5,6). The van der Waals surface area contributed by atoms with Crippen LogP contribution >= 0.6 is 21.0 Å². The number of thioether (sulfide) groups is 1.